The first-order valence-corrected chi connectivity index (χ1v) is 5.67. The van der Waals surface area contributed by atoms with Gasteiger partial charge < -0.3 is 5.32 Å². The Bertz CT molecular complexity index is 313. The molecular formula is C8H12N4OS. The molecule has 2 atom stereocenters. The average Bonchev–Trinajstić information content (AvgIpc) is 2.77. The summed E-state index contributed by atoms with van der Waals surface area (Å²) in [5, 5.41) is 9.12. The maximum atomic E-state index is 11.6. The van der Waals surface area contributed by atoms with E-state index < -0.39 is 0 Å². The molecule has 2 unspecified atom stereocenters. The Hall–Kier alpha value is -1.04. The van der Waals surface area contributed by atoms with Crippen molar-refractivity contribution in [1.82, 2.24) is 20.5 Å². The van der Waals surface area contributed by atoms with Crippen molar-refractivity contribution in [3.8, 4) is 0 Å². The van der Waals surface area contributed by atoms with Gasteiger partial charge in [-0.2, -0.15) is 16.9 Å². The van der Waals surface area contributed by atoms with Crippen molar-refractivity contribution in [3.05, 3.63) is 12.2 Å². The van der Waals surface area contributed by atoms with Gasteiger partial charge in [0.1, 0.15) is 6.33 Å². The molecule has 2 N–H and O–H groups in total. The van der Waals surface area contributed by atoms with Crippen LogP contribution in [-0.4, -0.2) is 38.6 Å². The number of nitrogens with zero attached hydrogens (tertiary/aromatic N) is 2. The average molecular weight is 212 g/mol. The lowest BCUT2D eigenvalue weighted by Crippen LogP contribution is -2.39. The molecule has 0 bridgehead atoms. The van der Waals surface area contributed by atoms with Crippen molar-refractivity contribution in [2.75, 3.05) is 11.5 Å². The minimum Gasteiger partial charge on any atom is -0.345 e. The summed E-state index contributed by atoms with van der Waals surface area (Å²) in [7, 11) is 0. The third kappa shape index (κ3) is 1.89. The summed E-state index contributed by atoms with van der Waals surface area (Å²) in [5.41, 5.74) is 0. The van der Waals surface area contributed by atoms with Crippen molar-refractivity contribution in [1.29, 1.82) is 0 Å². The third-order valence-electron chi connectivity index (χ3n) is 2.31. The van der Waals surface area contributed by atoms with E-state index >= 15 is 0 Å². The van der Waals surface area contributed by atoms with E-state index in [0.29, 0.717) is 5.92 Å². The fraction of sp³-hybridized carbons (Fsp3) is 0.625. The molecule has 0 radical (unpaired) electrons. The van der Waals surface area contributed by atoms with Crippen LogP contribution in [0.5, 0.6) is 0 Å². The monoisotopic (exact) mass is 212 g/mol. The summed E-state index contributed by atoms with van der Waals surface area (Å²) in [6, 6.07) is 0.262. The molecule has 1 aliphatic heterocycles. The topological polar surface area (TPSA) is 70.7 Å². The van der Waals surface area contributed by atoms with Crippen LogP contribution in [0.3, 0.4) is 0 Å². The Labute approximate surface area is 86.1 Å². The number of nitrogens with one attached hydrogen (secondary N) is 2. The van der Waals surface area contributed by atoms with Gasteiger partial charge in [0.25, 0.3) is 5.91 Å². The smallest absolute Gasteiger partial charge is 0.288 e. The summed E-state index contributed by atoms with van der Waals surface area (Å²) in [5.74, 6) is 2.75. The SMILES string of the molecule is CC1CSCC1NC(=O)c1ncn[nH]1. The lowest BCUT2D eigenvalue weighted by Gasteiger charge is -2.14. The molecule has 1 fully saturated rings. The van der Waals surface area contributed by atoms with E-state index in [4.69, 9.17) is 0 Å². The molecule has 14 heavy (non-hydrogen) atoms. The Morgan fingerprint density at radius 1 is 1.71 bits per heavy atom. The highest BCUT2D eigenvalue weighted by Crippen LogP contribution is 2.23. The standard InChI is InChI=1S/C8H12N4OS/c1-5-2-14-3-6(5)11-8(13)7-9-4-10-12-7/h4-6H,2-3H2,1H3,(H,11,13)(H,9,10,12). The highest BCUT2D eigenvalue weighted by Gasteiger charge is 2.26. The number of carbonyl (C=O) groups excluding carboxylic acids is 1. The van der Waals surface area contributed by atoms with Gasteiger partial charge in [-0.25, -0.2) is 4.98 Å². The first-order valence-electron chi connectivity index (χ1n) is 4.51. The van der Waals surface area contributed by atoms with Crippen LogP contribution >= 0.6 is 11.8 Å². The summed E-state index contributed by atoms with van der Waals surface area (Å²) in [4.78, 5) is 15.4. The molecular weight excluding hydrogens is 200 g/mol. The Kier molecular flexibility index (Phi) is 2.72. The van der Waals surface area contributed by atoms with E-state index in [1.807, 2.05) is 11.8 Å². The van der Waals surface area contributed by atoms with Crippen molar-refractivity contribution in [2.45, 2.75) is 13.0 Å². The molecule has 2 heterocycles. The highest BCUT2D eigenvalue weighted by molar-refractivity contribution is 7.99. The largest absolute Gasteiger partial charge is 0.345 e. The number of thioether (sulfide) groups is 1. The first-order chi connectivity index (χ1) is 6.77. The Morgan fingerprint density at radius 2 is 2.57 bits per heavy atom. The fourth-order valence-electron chi connectivity index (χ4n) is 1.40. The van der Waals surface area contributed by atoms with Crippen LogP contribution in [0.2, 0.25) is 0 Å². The van der Waals surface area contributed by atoms with E-state index in [9.17, 15) is 4.79 Å². The summed E-state index contributed by atoms with van der Waals surface area (Å²) < 4.78 is 0. The number of amides is 1. The van der Waals surface area contributed by atoms with Gasteiger partial charge >= 0.3 is 0 Å². The summed E-state index contributed by atoms with van der Waals surface area (Å²) >= 11 is 1.87. The number of rotatable bonds is 2. The molecule has 1 aromatic heterocycles. The molecule has 2 rings (SSSR count). The van der Waals surface area contributed by atoms with Gasteiger partial charge in [-0.05, 0) is 11.7 Å². The minimum absolute atomic E-state index is 0.165. The predicted molar refractivity (Wildman–Crippen MR) is 54.1 cm³/mol. The normalized spacial score (nSPS) is 26.4. The van der Waals surface area contributed by atoms with Crippen molar-refractivity contribution in [3.63, 3.8) is 0 Å². The van der Waals surface area contributed by atoms with E-state index in [-0.39, 0.29) is 17.8 Å². The van der Waals surface area contributed by atoms with Crippen molar-refractivity contribution >= 4 is 17.7 Å². The van der Waals surface area contributed by atoms with Crippen LogP contribution in [0, 0.1) is 5.92 Å². The molecule has 0 saturated carbocycles. The lowest BCUT2D eigenvalue weighted by atomic mass is 10.1. The molecule has 1 aromatic rings. The molecule has 0 spiro atoms. The molecule has 1 saturated heterocycles. The van der Waals surface area contributed by atoms with Crippen LogP contribution in [0.4, 0.5) is 0 Å². The molecule has 1 amide bonds. The van der Waals surface area contributed by atoms with Gasteiger partial charge in [0.15, 0.2) is 0 Å². The maximum absolute atomic E-state index is 11.6. The van der Waals surface area contributed by atoms with Gasteiger partial charge in [-0.3, -0.25) is 9.89 Å². The van der Waals surface area contributed by atoms with Crippen molar-refractivity contribution in [2.24, 2.45) is 5.92 Å². The number of hydrogen-bond donors (Lipinski definition) is 2. The zero-order valence-corrected chi connectivity index (χ0v) is 8.67. The molecule has 76 valence electrons. The van der Waals surface area contributed by atoms with Crippen LogP contribution in [0.15, 0.2) is 6.33 Å². The van der Waals surface area contributed by atoms with E-state index in [1.165, 1.54) is 6.33 Å². The number of aromatic amines is 1. The zero-order valence-electron chi connectivity index (χ0n) is 7.86. The van der Waals surface area contributed by atoms with Gasteiger partial charge in [-0.15, -0.1) is 0 Å². The number of carbonyl (C=O) groups is 1. The second-order valence-corrected chi connectivity index (χ2v) is 4.50. The van der Waals surface area contributed by atoms with Crippen LogP contribution in [-0.2, 0) is 0 Å². The number of aromatic nitrogens is 3. The molecule has 0 aromatic carbocycles. The second-order valence-electron chi connectivity index (χ2n) is 3.43. The molecule has 5 nitrogen and oxygen atoms in total. The molecule has 1 aliphatic rings. The van der Waals surface area contributed by atoms with Gasteiger partial charge in [0.2, 0.25) is 5.82 Å². The fourth-order valence-corrected chi connectivity index (χ4v) is 2.80. The van der Waals surface area contributed by atoms with Gasteiger partial charge in [0.05, 0.1) is 0 Å². The van der Waals surface area contributed by atoms with E-state index in [2.05, 4.69) is 27.4 Å². The van der Waals surface area contributed by atoms with Crippen molar-refractivity contribution < 1.29 is 4.79 Å². The van der Waals surface area contributed by atoms with Gasteiger partial charge in [0, 0.05) is 11.8 Å². The highest BCUT2D eigenvalue weighted by atomic mass is 32.2. The number of H-pyrrole nitrogens is 1. The van der Waals surface area contributed by atoms with Gasteiger partial charge in [-0.1, -0.05) is 6.92 Å². The summed E-state index contributed by atoms with van der Waals surface area (Å²) in [6.45, 7) is 2.14. The molecule has 6 heteroatoms. The van der Waals surface area contributed by atoms with Crippen LogP contribution in [0.1, 0.15) is 17.5 Å². The number of hydrogen-bond acceptors (Lipinski definition) is 4. The third-order valence-corrected chi connectivity index (χ3v) is 3.67. The van der Waals surface area contributed by atoms with Crippen LogP contribution in [0.25, 0.3) is 0 Å². The maximum Gasteiger partial charge on any atom is 0.288 e. The van der Waals surface area contributed by atoms with E-state index in [0.717, 1.165) is 11.5 Å². The Balaban J connectivity index is 1.95. The Morgan fingerprint density at radius 3 is 3.14 bits per heavy atom. The quantitative estimate of drug-likeness (QED) is 0.739. The zero-order chi connectivity index (χ0) is 9.97. The second kappa shape index (κ2) is 4.00. The van der Waals surface area contributed by atoms with E-state index in [1.54, 1.807) is 0 Å². The minimum atomic E-state index is -0.165. The predicted octanol–water partition coefficient (Wildman–Crippen LogP) is 0.286. The first kappa shape index (κ1) is 9.51. The summed E-state index contributed by atoms with van der Waals surface area (Å²) in [6.07, 6.45) is 1.34. The molecule has 0 aliphatic carbocycles. The van der Waals surface area contributed by atoms with Crippen LogP contribution < -0.4 is 5.32 Å². The lowest BCUT2D eigenvalue weighted by molar-refractivity contribution is 0.0923.